The van der Waals surface area contributed by atoms with Crippen LogP contribution in [0.1, 0.15) is 31.0 Å². The topological polar surface area (TPSA) is 90.3 Å². The number of phenolic OH excluding ortho intramolecular Hbond substituents is 1. The van der Waals surface area contributed by atoms with Crippen LogP contribution >= 0.6 is 12.4 Å². The van der Waals surface area contributed by atoms with E-state index in [1.807, 2.05) is 6.07 Å². The maximum Gasteiger partial charge on any atom is 0.165 e. The highest BCUT2D eigenvalue weighted by Gasteiger charge is 2.31. The van der Waals surface area contributed by atoms with E-state index in [9.17, 15) is 14.6 Å². The van der Waals surface area contributed by atoms with Crippen LogP contribution in [0.2, 0.25) is 0 Å². The number of nitriles is 1. The van der Waals surface area contributed by atoms with Crippen molar-refractivity contribution in [3.63, 3.8) is 0 Å². The first-order valence-electron chi connectivity index (χ1n) is 5.13. The second-order valence-electron chi connectivity index (χ2n) is 4.59. The van der Waals surface area contributed by atoms with Gasteiger partial charge in [0.15, 0.2) is 11.6 Å². The summed E-state index contributed by atoms with van der Waals surface area (Å²) in [6.07, 6.45) is 0. The fraction of sp³-hybridized carbons (Fsp3) is 0.417. The third kappa shape index (κ3) is 2.91. The van der Waals surface area contributed by atoms with Gasteiger partial charge in [0.2, 0.25) is 0 Å². The van der Waals surface area contributed by atoms with Gasteiger partial charge < -0.3 is 15.9 Å². The van der Waals surface area contributed by atoms with Gasteiger partial charge in [0.25, 0.3) is 0 Å². The van der Waals surface area contributed by atoms with Gasteiger partial charge in [0.05, 0.1) is 11.6 Å². The molecule has 4 nitrogen and oxygen atoms in total. The number of benzene rings is 1. The van der Waals surface area contributed by atoms with E-state index in [-0.39, 0.29) is 30.1 Å². The van der Waals surface area contributed by atoms with Crippen molar-refractivity contribution >= 4 is 12.4 Å². The van der Waals surface area contributed by atoms with Crippen LogP contribution in [0, 0.1) is 22.6 Å². The van der Waals surface area contributed by atoms with Gasteiger partial charge in [-0.05, 0) is 12.1 Å². The van der Waals surface area contributed by atoms with Crippen molar-refractivity contribution in [2.75, 3.05) is 6.61 Å². The summed E-state index contributed by atoms with van der Waals surface area (Å²) in [4.78, 5) is 0. The van der Waals surface area contributed by atoms with Crippen molar-refractivity contribution in [3.8, 4) is 11.8 Å². The first kappa shape index (κ1) is 16.6. The zero-order valence-electron chi connectivity index (χ0n) is 10.1. The van der Waals surface area contributed by atoms with Crippen molar-refractivity contribution in [1.29, 1.82) is 5.26 Å². The Bertz CT molecular complexity index is 472. The molecule has 0 aliphatic heterocycles. The predicted octanol–water partition coefficient (Wildman–Crippen LogP) is 1.84. The van der Waals surface area contributed by atoms with Gasteiger partial charge in [-0.15, -0.1) is 12.4 Å². The number of aliphatic hydroxyl groups excluding tert-OH is 1. The molecule has 0 saturated carbocycles. The highest BCUT2D eigenvalue weighted by Crippen LogP contribution is 2.38. The van der Waals surface area contributed by atoms with Gasteiger partial charge in [-0.25, -0.2) is 4.39 Å². The molecular weight excluding hydrogens is 259 g/mol. The van der Waals surface area contributed by atoms with Gasteiger partial charge >= 0.3 is 0 Å². The number of halogens is 2. The number of aromatic hydroxyl groups is 1. The molecule has 0 aliphatic carbocycles. The van der Waals surface area contributed by atoms with E-state index in [1.54, 1.807) is 13.8 Å². The average Bonchev–Trinajstić information content (AvgIpc) is 2.31. The third-order valence-corrected chi connectivity index (χ3v) is 2.85. The Morgan fingerprint density at radius 2 is 2.06 bits per heavy atom. The van der Waals surface area contributed by atoms with Crippen LogP contribution in [0.15, 0.2) is 12.1 Å². The van der Waals surface area contributed by atoms with Crippen LogP contribution in [-0.2, 0) is 0 Å². The lowest BCUT2D eigenvalue weighted by molar-refractivity contribution is 0.131. The smallest absolute Gasteiger partial charge is 0.165 e. The largest absolute Gasteiger partial charge is 0.505 e. The monoisotopic (exact) mass is 274 g/mol. The molecule has 0 spiro atoms. The van der Waals surface area contributed by atoms with E-state index in [4.69, 9.17) is 11.0 Å². The molecule has 0 aliphatic rings. The van der Waals surface area contributed by atoms with E-state index in [1.165, 1.54) is 6.07 Å². The van der Waals surface area contributed by atoms with Crippen molar-refractivity contribution < 1.29 is 14.6 Å². The van der Waals surface area contributed by atoms with Crippen molar-refractivity contribution in [1.82, 2.24) is 0 Å². The number of nitrogens with two attached hydrogens (primary N) is 1. The Balaban J connectivity index is 0.00000289. The van der Waals surface area contributed by atoms with Gasteiger partial charge in [0.1, 0.15) is 0 Å². The van der Waals surface area contributed by atoms with Crippen LogP contribution < -0.4 is 5.73 Å². The standard InChI is InChI=1S/C12H15FN2O2.ClH/c1-12(2,6-16)11(15)9-7(5-14)3-4-8(13)10(9)17;/h3-4,11,16-17H,6,15H2,1-2H3;1H/t11-;/m1./s1. The van der Waals surface area contributed by atoms with Crippen LogP contribution in [-0.4, -0.2) is 16.8 Å². The fourth-order valence-corrected chi connectivity index (χ4v) is 1.48. The summed E-state index contributed by atoms with van der Waals surface area (Å²) in [6, 6.07) is 3.29. The first-order valence-corrected chi connectivity index (χ1v) is 5.13. The van der Waals surface area contributed by atoms with E-state index in [0.29, 0.717) is 0 Å². The molecule has 0 amide bonds. The maximum atomic E-state index is 13.3. The molecule has 0 heterocycles. The lowest BCUT2D eigenvalue weighted by Crippen LogP contribution is -2.33. The van der Waals surface area contributed by atoms with E-state index in [0.717, 1.165) is 6.07 Å². The first-order chi connectivity index (χ1) is 7.85. The van der Waals surface area contributed by atoms with Crippen molar-refractivity contribution in [2.24, 2.45) is 11.1 Å². The minimum absolute atomic E-state index is 0. The van der Waals surface area contributed by atoms with Crippen LogP contribution in [0.25, 0.3) is 0 Å². The van der Waals surface area contributed by atoms with Crippen molar-refractivity contribution in [2.45, 2.75) is 19.9 Å². The highest BCUT2D eigenvalue weighted by molar-refractivity contribution is 5.85. The number of nitrogens with zero attached hydrogens (tertiary/aromatic N) is 1. The SMILES string of the molecule is CC(C)(CO)[C@H](N)c1c(C#N)ccc(F)c1O.Cl. The fourth-order valence-electron chi connectivity index (χ4n) is 1.48. The molecule has 4 N–H and O–H groups in total. The molecule has 0 unspecified atom stereocenters. The lowest BCUT2D eigenvalue weighted by atomic mass is 9.80. The normalized spacial score (nSPS) is 12.4. The number of aliphatic hydroxyl groups is 1. The minimum Gasteiger partial charge on any atom is -0.505 e. The van der Waals surface area contributed by atoms with Crippen LogP contribution in [0.5, 0.6) is 5.75 Å². The summed E-state index contributed by atoms with van der Waals surface area (Å²) in [7, 11) is 0. The second kappa shape index (κ2) is 6.01. The molecule has 1 atom stereocenters. The molecular formula is C12H16ClFN2O2. The Morgan fingerprint density at radius 3 is 2.50 bits per heavy atom. The summed E-state index contributed by atoms with van der Waals surface area (Å²) in [5, 5.41) is 27.8. The maximum absolute atomic E-state index is 13.3. The summed E-state index contributed by atoms with van der Waals surface area (Å²) in [6.45, 7) is 3.10. The minimum atomic E-state index is -0.835. The predicted molar refractivity (Wildman–Crippen MR) is 67.8 cm³/mol. The van der Waals surface area contributed by atoms with Gasteiger partial charge in [0, 0.05) is 23.6 Å². The number of rotatable bonds is 3. The Morgan fingerprint density at radius 1 is 1.50 bits per heavy atom. The van der Waals surface area contributed by atoms with E-state index < -0.39 is 23.0 Å². The molecule has 0 radical (unpaired) electrons. The van der Waals surface area contributed by atoms with Crippen LogP contribution in [0.3, 0.4) is 0 Å². The molecule has 1 aromatic carbocycles. The van der Waals surface area contributed by atoms with E-state index >= 15 is 0 Å². The third-order valence-electron chi connectivity index (χ3n) is 2.85. The molecule has 6 heteroatoms. The summed E-state index contributed by atoms with van der Waals surface area (Å²) >= 11 is 0. The highest BCUT2D eigenvalue weighted by atomic mass is 35.5. The quantitative estimate of drug-likeness (QED) is 0.784. The Kier molecular flexibility index (Phi) is 5.55. The zero-order valence-corrected chi connectivity index (χ0v) is 11.0. The lowest BCUT2D eigenvalue weighted by Gasteiger charge is -2.30. The van der Waals surface area contributed by atoms with E-state index in [2.05, 4.69) is 0 Å². The van der Waals surface area contributed by atoms with Crippen LogP contribution in [0.4, 0.5) is 4.39 Å². The molecule has 1 rings (SSSR count). The summed E-state index contributed by atoms with van der Waals surface area (Å²) in [5.74, 6) is -1.46. The number of phenols is 1. The molecule has 0 aromatic heterocycles. The summed E-state index contributed by atoms with van der Waals surface area (Å²) in [5.41, 5.74) is 5.27. The average molecular weight is 275 g/mol. The number of hydrogen-bond acceptors (Lipinski definition) is 4. The van der Waals surface area contributed by atoms with Gasteiger partial charge in [-0.2, -0.15) is 5.26 Å². The molecule has 0 bridgehead atoms. The van der Waals surface area contributed by atoms with Crippen molar-refractivity contribution in [3.05, 3.63) is 29.1 Å². The molecule has 0 fully saturated rings. The summed E-state index contributed by atoms with van der Waals surface area (Å²) < 4.78 is 13.3. The Hall–Kier alpha value is -1.35. The molecule has 1 aromatic rings. The Labute approximate surface area is 111 Å². The number of hydrogen-bond donors (Lipinski definition) is 3. The zero-order chi connectivity index (χ0) is 13.2. The van der Waals surface area contributed by atoms with Gasteiger partial charge in [-0.1, -0.05) is 13.8 Å². The second-order valence-corrected chi connectivity index (χ2v) is 4.59. The molecule has 0 saturated heterocycles. The molecule has 18 heavy (non-hydrogen) atoms. The van der Waals surface area contributed by atoms with Gasteiger partial charge in [-0.3, -0.25) is 0 Å². The molecule has 100 valence electrons.